The van der Waals surface area contributed by atoms with E-state index in [0.29, 0.717) is 18.7 Å². The van der Waals surface area contributed by atoms with Crippen molar-refractivity contribution in [2.24, 2.45) is 0 Å². The van der Waals surface area contributed by atoms with Gasteiger partial charge < -0.3 is 15.4 Å². The molecule has 4 heteroatoms. The molecule has 0 aliphatic rings. The molecule has 0 spiro atoms. The van der Waals surface area contributed by atoms with Crippen LogP contribution in [0, 0.1) is 0 Å². The largest absolute Gasteiger partial charge is 0.496 e. The van der Waals surface area contributed by atoms with Gasteiger partial charge in [0.2, 0.25) is 5.91 Å². The van der Waals surface area contributed by atoms with Crippen LogP contribution in [0.4, 0.5) is 11.4 Å². The van der Waals surface area contributed by atoms with Crippen molar-refractivity contribution in [3.63, 3.8) is 0 Å². The Labute approximate surface area is 125 Å². The summed E-state index contributed by atoms with van der Waals surface area (Å²) in [6.45, 7) is 2.56. The number of amides is 1. The average Bonchev–Trinajstić information content (AvgIpc) is 2.50. The van der Waals surface area contributed by atoms with Gasteiger partial charge in [-0.2, -0.15) is 0 Å². The number of likely N-dealkylation sites (N-methyl/N-ethyl adjacent to an activating group) is 1. The summed E-state index contributed by atoms with van der Waals surface area (Å²) >= 11 is 0. The molecule has 0 aliphatic heterocycles. The zero-order valence-electron chi connectivity index (χ0n) is 12.4. The van der Waals surface area contributed by atoms with Crippen LogP contribution in [0.2, 0.25) is 0 Å². The summed E-state index contributed by atoms with van der Waals surface area (Å²) in [5, 5.41) is 0. The van der Waals surface area contributed by atoms with Crippen molar-refractivity contribution in [1.82, 2.24) is 0 Å². The molecule has 0 atom stereocenters. The molecule has 0 unspecified atom stereocenters. The first-order chi connectivity index (χ1) is 10.2. The van der Waals surface area contributed by atoms with E-state index >= 15 is 0 Å². The van der Waals surface area contributed by atoms with Crippen LogP contribution in [0.25, 0.3) is 0 Å². The van der Waals surface area contributed by atoms with Gasteiger partial charge in [0, 0.05) is 23.5 Å². The summed E-state index contributed by atoms with van der Waals surface area (Å²) in [4.78, 5) is 14.3. The van der Waals surface area contributed by atoms with Gasteiger partial charge in [0.15, 0.2) is 0 Å². The second-order valence-electron chi connectivity index (χ2n) is 4.72. The summed E-state index contributed by atoms with van der Waals surface area (Å²) in [6.07, 6.45) is 0.308. The summed E-state index contributed by atoms with van der Waals surface area (Å²) < 4.78 is 5.29. The highest BCUT2D eigenvalue weighted by Gasteiger charge is 2.16. The van der Waals surface area contributed by atoms with Crippen molar-refractivity contribution >= 4 is 17.3 Å². The zero-order valence-corrected chi connectivity index (χ0v) is 12.4. The molecule has 0 aromatic heterocycles. The Bertz CT molecular complexity index is 608. The van der Waals surface area contributed by atoms with E-state index in [4.69, 9.17) is 10.5 Å². The molecule has 110 valence electrons. The number of carbonyl (C=O) groups is 1. The van der Waals surface area contributed by atoms with Gasteiger partial charge in [0.25, 0.3) is 0 Å². The van der Waals surface area contributed by atoms with E-state index in [1.807, 2.05) is 43.3 Å². The normalized spacial score (nSPS) is 10.2. The van der Waals surface area contributed by atoms with Gasteiger partial charge in [-0.1, -0.05) is 18.2 Å². The fraction of sp³-hybridized carbons (Fsp3) is 0.235. The maximum Gasteiger partial charge on any atom is 0.231 e. The van der Waals surface area contributed by atoms with E-state index in [2.05, 4.69) is 0 Å². The first-order valence-electron chi connectivity index (χ1n) is 6.93. The van der Waals surface area contributed by atoms with E-state index in [9.17, 15) is 4.79 Å². The molecular formula is C17H20N2O2. The summed E-state index contributed by atoms with van der Waals surface area (Å²) in [6, 6.07) is 14.9. The van der Waals surface area contributed by atoms with Crippen LogP contribution in [-0.4, -0.2) is 19.6 Å². The van der Waals surface area contributed by atoms with Gasteiger partial charge in [-0.3, -0.25) is 4.79 Å². The monoisotopic (exact) mass is 284 g/mol. The molecule has 2 aromatic rings. The van der Waals surface area contributed by atoms with Crippen molar-refractivity contribution in [2.45, 2.75) is 13.3 Å². The number of hydrogen-bond donors (Lipinski definition) is 1. The summed E-state index contributed by atoms with van der Waals surface area (Å²) in [7, 11) is 1.61. The molecule has 2 aromatic carbocycles. The van der Waals surface area contributed by atoms with Gasteiger partial charge in [0.1, 0.15) is 5.75 Å². The second-order valence-corrected chi connectivity index (χ2v) is 4.72. The lowest BCUT2D eigenvalue weighted by atomic mass is 10.1. The van der Waals surface area contributed by atoms with Gasteiger partial charge in [-0.05, 0) is 37.3 Å². The van der Waals surface area contributed by atoms with Crippen molar-refractivity contribution in [1.29, 1.82) is 0 Å². The van der Waals surface area contributed by atoms with E-state index in [1.54, 1.807) is 24.1 Å². The molecule has 2 rings (SSSR count). The zero-order chi connectivity index (χ0) is 15.2. The number of methoxy groups -OCH3 is 1. The Balaban J connectivity index is 2.19. The highest BCUT2D eigenvalue weighted by molar-refractivity contribution is 5.95. The molecule has 0 bridgehead atoms. The van der Waals surface area contributed by atoms with Gasteiger partial charge in [-0.25, -0.2) is 0 Å². The number of anilines is 2. The third-order valence-corrected chi connectivity index (χ3v) is 3.36. The number of nitrogen functional groups attached to an aromatic ring is 1. The number of nitrogens with two attached hydrogens (primary N) is 1. The Morgan fingerprint density at radius 3 is 2.43 bits per heavy atom. The SMILES string of the molecule is CCN(C(=O)Cc1ccccc1OC)c1ccc(N)cc1. The predicted molar refractivity (Wildman–Crippen MR) is 85.6 cm³/mol. The standard InChI is InChI=1S/C17H20N2O2/c1-3-19(15-10-8-14(18)9-11-15)17(20)12-13-6-4-5-7-16(13)21-2/h4-11H,3,12,18H2,1-2H3. The Kier molecular flexibility index (Phi) is 4.82. The van der Waals surface area contributed by atoms with Crippen LogP contribution in [0.5, 0.6) is 5.75 Å². The summed E-state index contributed by atoms with van der Waals surface area (Å²) in [5.74, 6) is 0.769. The minimum atomic E-state index is 0.0340. The average molecular weight is 284 g/mol. The van der Waals surface area contributed by atoms with E-state index in [1.165, 1.54) is 0 Å². The van der Waals surface area contributed by atoms with Crippen LogP contribution in [0.15, 0.2) is 48.5 Å². The van der Waals surface area contributed by atoms with Crippen molar-refractivity contribution in [3.8, 4) is 5.75 Å². The number of rotatable bonds is 5. The van der Waals surface area contributed by atoms with Crippen molar-refractivity contribution in [2.75, 3.05) is 24.3 Å². The van der Waals surface area contributed by atoms with Crippen LogP contribution in [0.3, 0.4) is 0 Å². The number of nitrogens with zero attached hydrogens (tertiary/aromatic N) is 1. The van der Waals surface area contributed by atoms with E-state index in [0.717, 1.165) is 17.0 Å². The topological polar surface area (TPSA) is 55.6 Å². The van der Waals surface area contributed by atoms with Crippen LogP contribution in [0.1, 0.15) is 12.5 Å². The Hall–Kier alpha value is -2.49. The van der Waals surface area contributed by atoms with Crippen molar-refractivity contribution < 1.29 is 9.53 Å². The molecule has 2 N–H and O–H groups in total. The summed E-state index contributed by atoms with van der Waals surface area (Å²) in [5.41, 5.74) is 8.11. The lowest BCUT2D eigenvalue weighted by Crippen LogP contribution is -2.32. The predicted octanol–water partition coefficient (Wildman–Crippen LogP) is 2.87. The number of ether oxygens (including phenoxy) is 1. The smallest absolute Gasteiger partial charge is 0.231 e. The van der Waals surface area contributed by atoms with Crippen molar-refractivity contribution in [3.05, 3.63) is 54.1 Å². The lowest BCUT2D eigenvalue weighted by molar-refractivity contribution is -0.118. The molecule has 0 heterocycles. The van der Waals surface area contributed by atoms with E-state index < -0.39 is 0 Å². The number of para-hydroxylation sites is 1. The third kappa shape index (κ3) is 3.54. The minimum absolute atomic E-state index is 0.0340. The van der Waals surface area contributed by atoms with E-state index in [-0.39, 0.29) is 5.91 Å². The highest BCUT2D eigenvalue weighted by Crippen LogP contribution is 2.21. The van der Waals surface area contributed by atoms with Crippen LogP contribution in [-0.2, 0) is 11.2 Å². The molecular weight excluding hydrogens is 264 g/mol. The van der Waals surface area contributed by atoms with Crippen LogP contribution >= 0.6 is 0 Å². The lowest BCUT2D eigenvalue weighted by Gasteiger charge is -2.21. The van der Waals surface area contributed by atoms with Gasteiger partial charge >= 0.3 is 0 Å². The number of benzene rings is 2. The third-order valence-electron chi connectivity index (χ3n) is 3.36. The molecule has 0 saturated carbocycles. The second kappa shape index (κ2) is 6.79. The van der Waals surface area contributed by atoms with Gasteiger partial charge in [-0.15, -0.1) is 0 Å². The molecule has 0 fully saturated rings. The Morgan fingerprint density at radius 2 is 1.81 bits per heavy atom. The molecule has 0 saturated heterocycles. The Morgan fingerprint density at radius 1 is 1.14 bits per heavy atom. The molecule has 0 aliphatic carbocycles. The first kappa shape index (κ1) is 14.9. The molecule has 21 heavy (non-hydrogen) atoms. The minimum Gasteiger partial charge on any atom is -0.496 e. The molecule has 4 nitrogen and oxygen atoms in total. The highest BCUT2D eigenvalue weighted by atomic mass is 16.5. The quantitative estimate of drug-likeness (QED) is 0.859. The maximum absolute atomic E-state index is 12.5. The maximum atomic E-state index is 12.5. The number of hydrogen-bond acceptors (Lipinski definition) is 3. The number of carbonyl (C=O) groups excluding carboxylic acids is 1. The van der Waals surface area contributed by atoms with Gasteiger partial charge in [0.05, 0.1) is 13.5 Å². The molecule has 0 radical (unpaired) electrons. The first-order valence-corrected chi connectivity index (χ1v) is 6.93. The fourth-order valence-electron chi connectivity index (χ4n) is 2.26. The fourth-order valence-corrected chi connectivity index (χ4v) is 2.26. The van der Waals surface area contributed by atoms with Crippen LogP contribution < -0.4 is 15.4 Å². The molecule has 1 amide bonds.